The summed E-state index contributed by atoms with van der Waals surface area (Å²) in [6.45, 7) is 14.9. The molecule has 4 aliphatic heterocycles. The number of ketones is 1. The van der Waals surface area contributed by atoms with Crippen molar-refractivity contribution < 1.29 is 52.7 Å². The molecule has 0 aromatic carbocycles. The van der Waals surface area contributed by atoms with Crippen LogP contribution in [0.3, 0.4) is 0 Å². The van der Waals surface area contributed by atoms with Crippen LogP contribution in [-0.2, 0) is 54.2 Å². The second-order valence-electron chi connectivity index (χ2n) is 17.9. The fourth-order valence-corrected chi connectivity index (χ4v) is 10.7. The molecule has 0 amide bonds. The molecule has 0 saturated carbocycles. The van der Waals surface area contributed by atoms with Crippen LogP contribution in [-0.4, -0.2) is 120 Å². The van der Waals surface area contributed by atoms with Gasteiger partial charge in [-0.15, -0.1) is 11.3 Å². The molecule has 2 aromatic rings. The third kappa shape index (κ3) is 9.74. The average Bonchev–Trinajstić information content (AvgIpc) is 3.81. The molecule has 2 aromatic heterocycles. The number of likely N-dealkylation sites (N-methyl/N-ethyl adjacent to an activating group) is 1. The van der Waals surface area contributed by atoms with Crippen molar-refractivity contribution in [1.29, 1.82) is 0 Å². The van der Waals surface area contributed by atoms with E-state index >= 15 is 0 Å². The summed E-state index contributed by atoms with van der Waals surface area (Å²) in [5, 5.41) is 16.2. The van der Waals surface area contributed by atoms with Crippen molar-refractivity contribution in [2.45, 2.75) is 142 Å². The highest BCUT2D eigenvalue weighted by molar-refractivity contribution is 7.15. The third-order valence-corrected chi connectivity index (χ3v) is 14.2. The maximum absolute atomic E-state index is 14.6. The zero-order valence-corrected chi connectivity index (χ0v) is 37.4. The van der Waals surface area contributed by atoms with E-state index in [9.17, 15) is 19.5 Å². The second kappa shape index (κ2) is 18.9. The first-order valence-corrected chi connectivity index (χ1v) is 22.0. The SMILES string of the molecule is CC[C@H]1OC(=O)[C@H](C)[C@H]2OC/C(=N/OCc3ccc(-c4cccc(N)n4)s3)CO[C@](C)(C[C@@H](C)C(=O)[C@H](C)[C@@H]3CC(=O)O[C@]13C)[C@H](O[C@@H]1O[C@H](C)C[C@H](N(C)C)[C@H]1O)[C@H]2C. The van der Waals surface area contributed by atoms with Gasteiger partial charge in [0.15, 0.2) is 12.9 Å². The summed E-state index contributed by atoms with van der Waals surface area (Å²) < 4.78 is 39.0. The second-order valence-corrected chi connectivity index (χ2v) is 19.1. The lowest BCUT2D eigenvalue weighted by Crippen LogP contribution is -2.60. The summed E-state index contributed by atoms with van der Waals surface area (Å²) >= 11 is 1.51. The number of cyclic esters (lactones) is 1. The smallest absolute Gasteiger partial charge is 0.311 e. The number of nitrogen functional groups attached to an aromatic ring is 1. The van der Waals surface area contributed by atoms with Crippen molar-refractivity contribution in [3.8, 4) is 10.6 Å². The summed E-state index contributed by atoms with van der Waals surface area (Å²) in [7, 11) is 3.81. The Bertz CT molecular complexity index is 1880. The van der Waals surface area contributed by atoms with Gasteiger partial charge in [0.05, 0.1) is 60.0 Å². The molecule has 6 heterocycles. The minimum absolute atomic E-state index is 0.0223. The fourth-order valence-electron chi connectivity index (χ4n) is 9.77. The number of aliphatic hydroxyl groups excluding tert-OH is 1. The number of hydrogen-bond donors (Lipinski definition) is 2. The molecule has 4 fully saturated rings. The molecule has 6 rings (SSSR count). The molecule has 16 heteroatoms. The number of anilines is 1. The lowest BCUT2D eigenvalue weighted by Gasteiger charge is -2.48. The number of esters is 2. The van der Waals surface area contributed by atoms with Gasteiger partial charge in [-0.1, -0.05) is 38.9 Å². The number of fused-ring (bicyclic) bond motifs is 4. The normalized spacial score (nSPS) is 39.0. The van der Waals surface area contributed by atoms with Crippen LogP contribution in [0.4, 0.5) is 5.82 Å². The largest absolute Gasteiger partial charge is 0.458 e. The Hall–Kier alpha value is -3.51. The number of aliphatic hydroxyl groups is 1. The fraction of sp³-hybridized carbons (Fsp3) is 0.705. The Kier molecular flexibility index (Phi) is 14.5. The number of carbonyl (C=O) groups excluding carboxylic acids is 3. The number of thiophene rings is 1. The van der Waals surface area contributed by atoms with Crippen molar-refractivity contribution >= 4 is 40.6 Å². The van der Waals surface area contributed by atoms with Gasteiger partial charge in [-0.25, -0.2) is 4.98 Å². The number of pyridine rings is 1. The van der Waals surface area contributed by atoms with E-state index in [4.69, 9.17) is 39.0 Å². The molecule has 0 radical (unpaired) electrons. The van der Waals surface area contributed by atoms with E-state index in [-0.39, 0.29) is 50.6 Å². The van der Waals surface area contributed by atoms with Crippen molar-refractivity contribution in [3.05, 3.63) is 35.2 Å². The number of oxime groups is 1. The Labute approximate surface area is 357 Å². The highest BCUT2D eigenvalue weighted by Crippen LogP contribution is 2.46. The number of hydrogen-bond acceptors (Lipinski definition) is 16. The molecule has 4 aliphatic rings. The van der Waals surface area contributed by atoms with E-state index < -0.39 is 83.4 Å². The quantitative estimate of drug-likeness (QED) is 0.253. The predicted molar refractivity (Wildman–Crippen MR) is 225 cm³/mol. The van der Waals surface area contributed by atoms with Gasteiger partial charge in [-0.05, 0) is 85.3 Å². The third-order valence-electron chi connectivity index (χ3n) is 13.1. The number of Topliss-reactive ketones (excluding diaryl/α,β-unsaturated/α-hetero) is 1. The zero-order chi connectivity index (χ0) is 43.7. The highest BCUT2D eigenvalue weighted by Gasteiger charge is 2.57. The van der Waals surface area contributed by atoms with E-state index in [0.29, 0.717) is 24.4 Å². The summed E-state index contributed by atoms with van der Waals surface area (Å²) in [5.41, 5.74) is 4.63. The molecule has 4 saturated heterocycles. The van der Waals surface area contributed by atoms with Gasteiger partial charge in [0, 0.05) is 34.6 Å². The number of nitrogens with zero attached hydrogens (tertiary/aromatic N) is 3. The molecule has 2 bridgehead atoms. The Morgan fingerprint density at radius 1 is 1.05 bits per heavy atom. The average molecular weight is 857 g/mol. The number of rotatable bonds is 8. The highest BCUT2D eigenvalue weighted by atomic mass is 32.1. The van der Waals surface area contributed by atoms with E-state index in [1.54, 1.807) is 19.9 Å². The van der Waals surface area contributed by atoms with Crippen molar-refractivity contribution in [1.82, 2.24) is 9.88 Å². The van der Waals surface area contributed by atoms with Crippen LogP contribution in [0.25, 0.3) is 10.6 Å². The topological polar surface area (TPSA) is 191 Å². The number of nitrogens with two attached hydrogens (primary N) is 1. The van der Waals surface area contributed by atoms with Gasteiger partial charge in [0.1, 0.15) is 35.1 Å². The lowest BCUT2D eigenvalue weighted by atomic mass is 9.70. The summed E-state index contributed by atoms with van der Waals surface area (Å²) in [6, 6.07) is 9.13. The first-order valence-electron chi connectivity index (χ1n) is 21.2. The van der Waals surface area contributed by atoms with E-state index in [1.807, 2.05) is 84.8 Å². The molecule has 15 nitrogen and oxygen atoms in total. The molecule has 0 aliphatic carbocycles. The molecule has 0 unspecified atom stereocenters. The van der Waals surface area contributed by atoms with Crippen LogP contribution in [0.2, 0.25) is 0 Å². The minimum Gasteiger partial charge on any atom is -0.458 e. The van der Waals surface area contributed by atoms with E-state index in [1.165, 1.54) is 11.3 Å². The first kappa shape index (κ1) is 46.0. The molecular weight excluding hydrogens is 793 g/mol. The van der Waals surface area contributed by atoms with E-state index in [2.05, 4.69) is 10.1 Å². The molecular formula is C44H64N4O11S. The van der Waals surface area contributed by atoms with Gasteiger partial charge in [-0.2, -0.15) is 0 Å². The maximum Gasteiger partial charge on any atom is 0.311 e. The monoisotopic (exact) mass is 856 g/mol. The number of carbonyl (C=O) groups is 3. The standard InChI is InChI=1S/C44H64N4O11S/c1-11-34-44(8)30(18-36(49)59-44)25(4)37(50)23(2)19-43(7)40(58-42-38(51)32(48(9)10)17-24(3)56-42)26(5)39(27(6)41(52)57-34)53-20-28(21-54-43)47-55-22-29-15-16-33(60-29)31-13-12-14-35(45)46-31/h12-16,23-27,30,32,34,38-40,42,51H,11,17-22H2,1-10H3,(H2,45,46)/b47-28-/t23-,24-,25-,26+,27-,30+,32+,34-,38-,39+,40-,42+,43-,44+/m1/s1. The Balaban J connectivity index is 1.38. The summed E-state index contributed by atoms with van der Waals surface area (Å²) in [5.74, 6) is -3.85. The maximum atomic E-state index is 14.6. The van der Waals surface area contributed by atoms with Crippen LogP contribution in [0, 0.1) is 29.6 Å². The minimum atomic E-state index is -1.24. The Morgan fingerprint density at radius 3 is 2.50 bits per heavy atom. The van der Waals surface area contributed by atoms with Crippen LogP contribution < -0.4 is 5.73 Å². The summed E-state index contributed by atoms with van der Waals surface area (Å²) in [6.07, 6.45) is -3.72. The molecule has 14 atom stereocenters. The number of aromatic nitrogens is 1. The van der Waals surface area contributed by atoms with Crippen LogP contribution in [0.1, 0.15) is 86.0 Å². The lowest BCUT2D eigenvalue weighted by molar-refractivity contribution is -0.302. The summed E-state index contributed by atoms with van der Waals surface area (Å²) in [4.78, 5) is 56.0. The Morgan fingerprint density at radius 2 is 1.80 bits per heavy atom. The predicted octanol–water partition coefficient (Wildman–Crippen LogP) is 5.41. The number of ether oxygens (including phenoxy) is 6. The van der Waals surface area contributed by atoms with Gasteiger partial charge < -0.3 is 49.0 Å². The van der Waals surface area contributed by atoms with Gasteiger partial charge in [0.2, 0.25) is 0 Å². The van der Waals surface area contributed by atoms with Gasteiger partial charge in [0.25, 0.3) is 0 Å². The molecule has 0 spiro atoms. The zero-order valence-electron chi connectivity index (χ0n) is 36.6. The van der Waals surface area contributed by atoms with Crippen molar-refractivity contribution in [2.75, 3.05) is 33.0 Å². The van der Waals surface area contributed by atoms with Gasteiger partial charge in [-0.3, -0.25) is 14.4 Å². The molecule has 332 valence electrons. The van der Waals surface area contributed by atoms with Crippen LogP contribution in [0.15, 0.2) is 35.5 Å². The first-order chi connectivity index (χ1) is 28.3. The van der Waals surface area contributed by atoms with E-state index in [0.717, 1.165) is 15.4 Å². The van der Waals surface area contributed by atoms with Crippen LogP contribution >= 0.6 is 11.3 Å². The molecule has 60 heavy (non-hydrogen) atoms. The van der Waals surface area contributed by atoms with Crippen LogP contribution in [0.5, 0.6) is 0 Å². The van der Waals surface area contributed by atoms with Gasteiger partial charge >= 0.3 is 11.9 Å². The van der Waals surface area contributed by atoms with Crippen molar-refractivity contribution in [3.63, 3.8) is 0 Å². The molecule has 3 N–H and O–H groups in total. The van der Waals surface area contributed by atoms with Crippen molar-refractivity contribution in [2.24, 2.45) is 34.7 Å².